The third kappa shape index (κ3) is 2.87. The quantitative estimate of drug-likeness (QED) is 0.945. The van der Waals surface area contributed by atoms with Crippen LogP contribution in [0.15, 0.2) is 28.7 Å². The minimum absolute atomic E-state index is 0.287. The first-order valence-corrected chi connectivity index (χ1v) is 7.20. The molecule has 0 aliphatic carbocycles. The van der Waals surface area contributed by atoms with E-state index in [1.54, 1.807) is 0 Å². The molecule has 0 radical (unpaired) electrons. The maximum atomic E-state index is 6.00. The number of rotatable bonds is 3. The second-order valence-electron chi connectivity index (χ2n) is 5.32. The van der Waals surface area contributed by atoms with E-state index in [0.29, 0.717) is 10.9 Å². The molecular formula is C15H18ClN3O. The van der Waals surface area contributed by atoms with Gasteiger partial charge >= 0.3 is 0 Å². The van der Waals surface area contributed by atoms with Crippen molar-refractivity contribution >= 4 is 11.6 Å². The van der Waals surface area contributed by atoms with Gasteiger partial charge in [-0.2, -0.15) is 0 Å². The van der Waals surface area contributed by atoms with Crippen molar-refractivity contribution in [2.45, 2.75) is 25.9 Å². The molecule has 1 aliphatic heterocycles. The topological polar surface area (TPSA) is 55.3 Å². The molecule has 0 saturated carbocycles. The van der Waals surface area contributed by atoms with Crippen molar-refractivity contribution < 1.29 is 4.42 Å². The van der Waals surface area contributed by atoms with Crippen LogP contribution < -0.4 is 5.73 Å². The Bertz CT molecular complexity index is 611. The summed E-state index contributed by atoms with van der Waals surface area (Å²) in [6.45, 7) is 4.70. The molecule has 0 amide bonds. The minimum atomic E-state index is 0.287. The lowest BCUT2D eigenvalue weighted by Gasteiger charge is -2.12. The van der Waals surface area contributed by atoms with Crippen LogP contribution in [-0.2, 0) is 6.54 Å². The van der Waals surface area contributed by atoms with Crippen LogP contribution in [0.5, 0.6) is 0 Å². The fourth-order valence-electron chi connectivity index (χ4n) is 2.54. The van der Waals surface area contributed by atoms with E-state index in [1.165, 1.54) is 0 Å². The lowest BCUT2D eigenvalue weighted by atomic mass is 10.2. The highest BCUT2D eigenvalue weighted by molar-refractivity contribution is 6.30. The fourth-order valence-corrected chi connectivity index (χ4v) is 2.73. The Morgan fingerprint density at radius 2 is 2.35 bits per heavy atom. The number of oxazole rings is 1. The second-order valence-corrected chi connectivity index (χ2v) is 5.75. The Labute approximate surface area is 123 Å². The molecule has 3 rings (SSSR count). The highest BCUT2D eigenvalue weighted by Gasteiger charge is 2.21. The van der Waals surface area contributed by atoms with Crippen molar-refractivity contribution in [3.8, 4) is 11.5 Å². The van der Waals surface area contributed by atoms with Crippen molar-refractivity contribution in [2.75, 3.05) is 13.1 Å². The number of hydrogen-bond donors (Lipinski definition) is 1. The van der Waals surface area contributed by atoms with Gasteiger partial charge in [0.2, 0.25) is 5.89 Å². The Balaban J connectivity index is 1.80. The molecule has 2 N–H and O–H groups in total. The van der Waals surface area contributed by atoms with Crippen LogP contribution in [0.1, 0.15) is 17.9 Å². The molecule has 4 nitrogen and oxygen atoms in total. The molecule has 1 atom stereocenters. The number of nitrogens with two attached hydrogens (primary N) is 1. The Morgan fingerprint density at radius 1 is 1.50 bits per heavy atom. The van der Waals surface area contributed by atoms with Gasteiger partial charge in [-0.25, -0.2) is 4.98 Å². The monoisotopic (exact) mass is 291 g/mol. The zero-order valence-electron chi connectivity index (χ0n) is 11.5. The fraction of sp³-hybridized carbons (Fsp3) is 0.400. The number of aromatic nitrogens is 1. The van der Waals surface area contributed by atoms with E-state index < -0.39 is 0 Å². The molecule has 1 aromatic carbocycles. The number of nitrogens with zero attached hydrogens (tertiary/aromatic N) is 2. The average molecular weight is 292 g/mol. The Hall–Kier alpha value is -1.36. The van der Waals surface area contributed by atoms with Gasteiger partial charge in [-0.15, -0.1) is 0 Å². The van der Waals surface area contributed by atoms with Gasteiger partial charge in [-0.05, 0) is 31.5 Å². The first kappa shape index (κ1) is 13.6. The number of hydrogen-bond acceptors (Lipinski definition) is 4. The molecule has 1 saturated heterocycles. The summed E-state index contributed by atoms with van der Waals surface area (Å²) < 4.78 is 5.77. The Morgan fingerprint density at radius 3 is 3.05 bits per heavy atom. The van der Waals surface area contributed by atoms with Gasteiger partial charge in [0.25, 0.3) is 0 Å². The van der Waals surface area contributed by atoms with Gasteiger partial charge in [0.1, 0.15) is 5.76 Å². The van der Waals surface area contributed by atoms with Crippen molar-refractivity contribution in [3.05, 3.63) is 40.7 Å². The predicted molar refractivity (Wildman–Crippen MR) is 79.6 cm³/mol. The molecule has 1 unspecified atom stereocenters. The largest absolute Gasteiger partial charge is 0.441 e. The highest BCUT2D eigenvalue weighted by Crippen LogP contribution is 2.25. The number of aryl methyl sites for hydroxylation is 1. The molecule has 0 spiro atoms. The average Bonchev–Trinajstić information content (AvgIpc) is 2.97. The molecule has 1 aliphatic rings. The van der Waals surface area contributed by atoms with Crippen LogP contribution in [0, 0.1) is 6.92 Å². The van der Waals surface area contributed by atoms with Crippen LogP contribution >= 0.6 is 11.6 Å². The summed E-state index contributed by atoms with van der Waals surface area (Å²) in [5, 5.41) is 0.686. The third-order valence-corrected chi connectivity index (χ3v) is 3.88. The van der Waals surface area contributed by atoms with Crippen LogP contribution in [0.4, 0.5) is 0 Å². The summed E-state index contributed by atoms with van der Waals surface area (Å²) in [5.41, 5.74) is 7.82. The zero-order valence-corrected chi connectivity index (χ0v) is 12.2. The molecule has 2 aromatic rings. The number of halogens is 1. The number of benzene rings is 1. The number of likely N-dealkylation sites (tertiary alicyclic amines) is 1. The predicted octanol–water partition coefficient (Wildman–Crippen LogP) is 2.84. The van der Waals surface area contributed by atoms with Crippen LogP contribution in [0.3, 0.4) is 0 Å². The van der Waals surface area contributed by atoms with E-state index in [0.717, 1.165) is 43.1 Å². The maximum Gasteiger partial charge on any atom is 0.226 e. The summed E-state index contributed by atoms with van der Waals surface area (Å²) in [6.07, 6.45) is 1.05. The molecule has 1 fully saturated rings. The van der Waals surface area contributed by atoms with Crippen LogP contribution in [-0.4, -0.2) is 29.0 Å². The smallest absolute Gasteiger partial charge is 0.226 e. The molecule has 1 aromatic heterocycles. The standard InChI is InChI=1S/C15H18ClN3O/c1-10-14(9-19-6-5-13(17)8-19)18-15(20-10)11-3-2-4-12(16)7-11/h2-4,7,13H,5-6,8-9,17H2,1H3. The van der Waals surface area contributed by atoms with Gasteiger partial charge in [-0.1, -0.05) is 17.7 Å². The SMILES string of the molecule is Cc1oc(-c2cccc(Cl)c2)nc1CN1CCC(N)C1. The van der Waals surface area contributed by atoms with E-state index in [9.17, 15) is 0 Å². The Kier molecular flexibility index (Phi) is 3.78. The van der Waals surface area contributed by atoms with E-state index in [2.05, 4.69) is 9.88 Å². The summed E-state index contributed by atoms with van der Waals surface area (Å²) in [7, 11) is 0. The summed E-state index contributed by atoms with van der Waals surface area (Å²) in [6, 6.07) is 7.84. The molecule has 5 heteroatoms. The van der Waals surface area contributed by atoms with Crippen LogP contribution in [0.2, 0.25) is 5.02 Å². The van der Waals surface area contributed by atoms with Gasteiger partial charge in [0.05, 0.1) is 5.69 Å². The molecule has 2 heterocycles. The van der Waals surface area contributed by atoms with Gasteiger partial charge < -0.3 is 10.2 Å². The van der Waals surface area contributed by atoms with Crippen LogP contribution in [0.25, 0.3) is 11.5 Å². The van der Waals surface area contributed by atoms with Crippen molar-refractivity contribution in [1.82, 2.24) is 9.88 Å². The molecular weight excluding hydrogens is 274 g/mol. The molecule has 106 valence electrons. The van der Waals surface area contributed by atoms with Crippen molar-refractivity contribution in [2.24, 2.45) is 5.73 Å². The first-order valence-electron chi connectivity index (χ1n) is 6.82. The molecule has 20 heavy (non-hydrogen) atoms. The normalized spacial score (nSPS) is 19.6. The van der Waals surface area contributed by atoms with E-state index in [4.69, 9.17) is 21.8 Å². The lowest BCUT2D eigenvalue weighted by Crippen LogP contribution is -2.26. The van der Waals surface area contributed by atoms with Crippen molar-refractivity contribution in [1.29, 1.82) is 0 Å². The van der Waals surface area contributed by atoms with E-state index in [-0.39, 0.29) is 6.04 Å². The van der Waals surface area contributed by atoms with Gasteiger partial charge in [0.15, 0.2) is 0 Å². The van der Waals surface area contributed by atoms with Gasteiger partial charge in [-0.3, -0.25) is 4.90 Å². The zero-order chi connectivity index (χ0) is 14.1. The third-order valence-electron chi connectivity index (χ3n) is 3.65. The van der Waals surface area contributed by atoms with Gasteiger partial charge in [0, 0.05) is 36.3 Å². The lowest BCUT2D eigenvalue weighted by molar-refractivity contribution is 0.321. The highest BCUT2D eigenvalue weighted by atomic mass is 35.5. The van der Waals surface area contributed by atoms with E-state index >= 15 is 0 Å². The minimum Gasteiger partial charge on any atom is -0.441 e. The summed E-state index contributed by atoms with van der Waals surface area (Å²) in [4.78, 5) is 6.92. The summed E-state index contributed by atoms with van der Waals surface area (Å²) >= 11 is 6.00. The van der Waals surface area contributed by atoms with E-state index in [1.807, 2.05) is 31.2 Å². The second kappa shape index (κ2) is 5.56. The van der Waals surface area contributed by atoms with Crippen molar-refractivity contribution in [3.63, 3.8) is 0 Å². The molecule has 0 bridgehead atoms. The first-order chi connectivity index (χ1) is 9.61. The maximum absolute atomic E-state index is 6.00. The summed E-state index contributed by atoms with van der Waals surface area (Å²) in [5.74, 6) is 1.49.